The van der Waals surface area contributed by atoms with Crippen molar-refractivity contribution >= 4 is 5.69 Å². The lowest BCUT2D eigenvalue weighted by Crippen LogP contribution is -2.18. The molecule has 4 nitrogen and oxygen atoms in total. The van der Waals surface area contributed by atoms with E-state index in [9.17, 15) is 4.39 Å². The second kappa shape index (κ2) is 6.17. The van der Waals surface area contributed by atoms with Gasteiger partial charge in [0.25, 0.3) is 0 Å². The third-order valence-corrected chi connectivity index (χ3v) is 3.23. The Balaban J connectivity index is 1.87. The molecule has 5 heteroatoms. The predicted octanol–water partition coefficient (Wildman–Crippen LogP) is 3.27. The number of aromatic nitrogens is 3. The fourth-order valence-electron chi connectivity index (χ4n) is 2.20. The Morgan fingerprint density at radius 3 is 2.67 bits per heavy atom. The Hall–Kier alpha value is -2.69. The van der Waals surface area contributed by atoms with Crippen molar-refractivity contribution in [2.24, 2.45) is 0 Å². The summed E-state index contributed by atoms with van der Waals surface area (Å²) in [6.45, 7) is 0.610. The molecule has 1 aromatic carbocycles. The van der Waals surface area contributed by atoms with E-state index in [4.69, 9.17) is 0 Å². The summed E-state index contributed by atoms with van der Waals surface area (Å²) in [6, 6.07) is 13.3. The van der Waals surface area contributed by atoms with E-state index >= 15 is 0 Å². The smallest absolute Gasteiger partial charge is 0.164 e. The Labute approximate surface area is 122 Å². The molecule has 0 fully saturated rings. The molecule has 0 aliphatic heterocycles. The zero-order chi connectivity index (χ0) is 14.5. The van der Waals surface area contributed by atoms with Crippen LogP contribution in [0.2, 0.25) is 0 Å². The maximum Gasteiger partial charge on any atom is 0.164 e. The van der Waals surface area contributed by atoms with Crippen LogP contribution >= 0.6 is 0 Å². The molecule has 3 aromatic rings. The maximum absolute atomic E-state index is 13.8. The van der Waals surface area contributed by atoms with Crippen LogP contribution in [0.5, 0.6) is 0 Å². The second-order valence-corrected chi connectivity index (χ2v) is 4.69. The van der Waals surface area contributed by atoms with Crippen molar-refractivity contribution in [2.45, 2.75) is 12.6 Å². The van der Waals surface area contributed by atoms with Gasteiger partial charge in [0.1, 0.15) is 0 Å². The monoisotopic (exact) mass is 282 g/mol. The van der Waals surface area contributed by atoms with Crippen molar-refractivity contribution in [3.05, 3.63) is 78.6 Å². The highest BCUT2D eigenvalue weighted by Crippen LogP contribution is 2.22. The summed E-state index contributed by atoms with van der Waals surface area (Å²) in [5, 5.41) is 7.44. The average Bonchev–Trinajstić information content (AvgIpc) is 3.03. The van der Waals surface area contributed by atoms with Crippen molar-refractivity contribution in [3.63, 3.8) is 0 Å². The first-order valence-electron chi connectivity index (χ1n) is 6.71. The third-order valence-electron chi connectivity index (χ3n) is 3.23. The van der Waals surface area contributed by atoms with Gasteiger partial charge in [-0.25, -0.2) is 4.39 Å². The number of hydrogen-bond acceptors (Lipinski definition) is 3. The van der Waals surface area contributed by atoms with Gasteiger partial charge in [-0.05, 0) is 17.7 Å². The molecule has 2 aromatic heterocycles. The van der Waals surface area contributed by atoms with Gasteiger partial charge in [0.05, 0.1) is 24.5 Å². The number of anilines is 1. The topological polar surface area (TPSA) is 42.7 Å². The first-order valence-corrected chi connectivity index (χ1v) is 6.71. The lowest BCUT2D eigenvalue weighted by Gasteiger charge is -2.20. The summed E-state index contributed by atoms with van der Waals surface area (Å²) in [7, 11) is 0. The third kappa shape index (κ3) is 3.25. The summed E-state index contributed by atoms with van der Waals surface area (Å²) in [5.41, 5.74) is 1.51. The second-order valence-electron chi connectivity index (χ2n) is 4.69. The van der Waals surface area contributed by atoms with E-state index in [0.717, 1.165) is 5.56 Å². The Morgan fingerprint density at radius 2 is 1.95 bits per heavy atom. The quantitative estimate of drug-likeness (QED) is 0.781. The summed E-state index contributed by atoms with van der Waals surface area (Å²) >= 11 is 0. The van der Waals surface area contributed by atoms with Crippen LogP contribution in [0.25, 0.3) is 0 Å². The summed E-state index contributed by atoms with van der Waals surface area (Å²) in [6.07, 6.45) is 6.40. The first-order chi connectivity index (χ1) is 10.3. The molecule has 106 valence electrons. The van der Waals surface area contributed by atoms with Crippen molar-refractivity contribution in [3.8, 4) is 0 Å². The highest BCUT2D eigenvalue weighted by Gasteiger charge is 2.14. The van der Waals surface area contributed by atoms with E-state index in [1.807, 2.05) is 47.3 Å². The zero-order valence-corrected chi connectivity index (χ0v) is 11.4. The minimum atomic E-state index is -0.362. The molecule has 1 N–H and O–H groups in total. The Kier molecular flexibility index (Phi) is 3.91. The molecule has 3 rings (SSSR count). The molecule has 0 saturated carbocycles. The number of nitrogens with zero attached hydrogens (tertiary/aromatic N) is 3. The molecule has 2 heterocycles. The van der Waals surface area contributed by atoms with Crippen LogP contribution in [0.15, 0.2) is 67.3 Å². The zero-order valence-electron chi connectivity index (χ0n) is 11.4. The fraction of sp³-hybridized carbons (Fsp3) is 0.125. The van der Waals surface area contributed by atoms with Gasteiger partial charge in [0.2, 0.25) is 0 Å². The van der Waals surface area contributed by atoms with Crippen LogP contribution in [0.4, 0.5) is 10.1 Å². The van der Waals surface area contributed by atoms with Gasteiger partial charge < -0.3 is 5.32 Å². The molecule has 1 unspecified atom stereocenters. The van der Waals surface area contributed by atoms with Crippen LogP contribution in [0.3, 0.4) is 0 Å². The summed E-state index contributed by atoms with van der Waals surface area (Å²) in [5.74, 6) is -0.362. The molecule has 0 aliphatic carbocycles. The molecule has 0 spiro atoms. The summed E-state index contributed by atoms with van der Waals surface area (Å²) < 4.78 is 15.6. The molecule has 0 bridgehead atoms. The van der Waals surface area contributed by atoms with Crippen molar-refractivity contribution < 1.29 is 4.39 Å². The van der Waals surface area contributed by atoms with Gasteiger partial charge >= 0.3 is 0 Å². The van der Waals surface area contributed by atoms with Crippen LogP contribution in [-0.4, -0.2) is 14.8 Å². The highest BCUT2D eigenvalue weighted by molar-refractivity contribution is 5.45. The first kappa shape index (κ1) is 13.3. The Bertz CT molecular complexity index is 683. The van der Waals surface area contributed by atoms with Crippen LogP contribution in [0.1, 0.15) is 11.6 Å². The molecular weight excluding hydrogens is 267 g/mol. The fourth-order valence-corrected chi connectivity index (χ4v) is 2.20. The van der Waals surface area contributed by atoms with E-state index in [1.54, 1.807) is 18.5 Å². The highest BCUT2D eigenvalue weighted by atomic mass is 19.1. The van der Waals surface area contributed by atoms with Crippen molar-refractivity contribution in [2.75, 3.05) is 5.32 Å². The Morgan fingerprint density at radius 1 is 1.10 bits per heavy atom. The standard InChI is InChI=1S/C16H15FN4/c17-14-11-18-9-7-15(14)20-16(12-21-10-4-8-19-21)13-5-2-1-3-6-13/h1-11,16H,12H2,(H,18,20). The normalized spacial score (nSPS) is 12.0. The predicted molar refractivity (Wildman–Crippen MR) is 79.2 cm³/mol. The molecular formula is C16H15FN4. The van der Waals surface area contributed by atoms with Gasteiger partial charge in [-0.2, -0.15) is 5.10 Å². The van der Waals surface area contributed by atoms with Gasteiger partial charge in [-0.3, -0.25) is 9.67 Å². The van der Waals surface area contributed by atoms with E-state index in [2.05, 4.69) is 15.4 Å². The SMILES string of the molecule is Fc1cnccc1NC(Cn1cccn1)c1ccccc1. The van der Waals surface area contributed by atoms with Crippen molar-refractivity contribution in [1.82, 2.24) is 14.8 Å². The molecule has 0 radical (unpaired) electrons. The molecule has 0 saturated heterocycles. The van der Waals surface area contributed by atoms with Crippen LogP contribution in [0, 0.1) is 5.82 Å². The van der Waals surface area contributed by atoms with Crippen molar-refractivity contribution in [1.29, 1.82) is 0 Å². The van der Waals surface area contributed by atoms with Gasteiger partial charge in [0.15, 0.2) is 5.82 Å². The number of benzene rings is 1. The van der Waals surface area contributed by atoms with E-state index in [-0.39, 0.29) is 11.9 Å². The lowest BCUT2D eigenvalue weighted by atomic mass is 10.1. The number of halogens is 1. The van der Waals surface area contributed by atoms with E-state index < -0.39 is 0 Å². The van der Waals surface area contributed by atoms with Crippen LogP contribution in [-0.2, 0) is 6.54 Å². The van der Waals surface area contributed by atoms with E-state index in [1.165, 1.54) is 6.20 Å². The maximum atomic E-state index is 13.8. The largest absolute Gasteiger partial charge is 0.374 e. The average molecular weight is 282 g/mol. The number of pyridine rings is 1. The molecule has 0 aliphatic rings. The summed E-state index contributed by atoms with van der Waals surface area (Å²) in [4.78, 5) is 3.77. The molecule has 21 heavy (non-hydrogen) atoms. The van der Waals surface area contributed by atoms with Gasteiger partial charge in [-0.15, -0.1) is 0 Å². The van der Waals surface area contributed by atoms with Crippen LogP contribution < -0.4 is 5.32 Å². The van der Waals surface area contributed by atoms with Gasteiger partial charge in [0, 0.05) is 18.6 Å². The minimum absolute atomic E-state index is 0.0806. The minimum Gasteiger partial charge on any atom is -0.374 e. The molecule has 1 atom stereocenters. The lowest BCUT2D eigenvalue weighted by molar-refractivity contribution is 0.545. The number of rotatable bonds is 5. The number of hydrogen-bond donors (Lipinski definition) is 1. The number of nitrogens with one attached hydrogen (secondary N) is 1. The van der Waals surface area contributed by atoms with Gasteiger partial charge in [-0.1, -0.05) is 30.3 Å². The molecule has 0 amide bonds. The van der Waals surface area contributed by atoms with E-state index in [0.29, 0.717) is 12.2 Å².